The molecule has 6 rings (SSSR count). The number of carbonyl (C=O) groups is 1. The molecule has 0 saturated heterocycles. The van der Waals surface area contributed by atoms with Crippen molar-refractivity contribution in [2.45, 2.75) is 55.9 Å². The van der Waals surface area contributed by atoms with E-state index in [1.807, 2.05) is 6.07 Å². The third kappa shape index (κ3) is 3.62. The number of rotatable bonds is 5. The van der Waals surface area contributed by atoms with Crippen molar-refractivity contribution >= 4 is 21.6 Å². The largest absolute Gasteiger partial charge is 0.347 e. The molecule has 1 amide bonds. The number of hydrogen-bond acceptors (Lipinski definition) is 3. The molecule has 4 fully saturated rings. The lowest BCUT2D eigenvalue weighted by atomic mass is 9.53. The summed E-state index contributed by atoms with van der Waals surface area (Å²) >= 11 is 0. The van der Waals surface area contributed by atoms with Gasteiger partial charge in [-0.25, -0.2) is 8.42 Å². The number of amides is 1. The predicted octanol–water partition coefficient (Wildman–Crippen LogP) is 4.49. The van der Waals surface area contributed by atoms with Gasteiger partial charge in [-0.2, -0.15) is 0 Å². The van der Waals surface area contributed by atoms with E-state index >= 15 is 0 Å². The van der Waals surface area contributed by atoms with Crippen molar-refractivity contribution in [3.05, 3.63) is 59.7 Å². The van der Waals surface area contributed by atoms with Crippen LogP contribution in [0.3, 0.4) is 0 Å². The molecule has 2 N–H and O–H groups in total. The molecule has 0 unspecified atom stereocenters. The fourth-order valence-electron chi connectivity index (χ4n) is 6.32. The number of sulfonamides is 1. The summed E-state index contributed by atoms with van der Waals surface area (Å²) in [5.74, 6) is 2.05. The minimum atomic E-state index is -3.78. The van der Waals surface area contributed by atoms with Crippen LogP contribution < -0.4 is 10.0 Å². The van der Waals surface area contributed by atoms with Crippen LogP contribution in [0.15, 0.2) is 53.4 Å². The van der Waals surface area contributed by atoms with Gasteiger partial charge in [0.15, 0.2) is 0 Å². The Morgan fingerprint density at radius 3 is 2.13 bits per heavy atom. The van der Waals surface area contributed by atoms with Crippen molar-refractivity contribution in [2.75, 3.05) is 4.72 Å². The number of anilines is 1. The lowest BCUT2D eigenvalue weighted by Gasteiger charge is -2.56. The van der Waals surface area contributed by atoms with Gasteiger partial charge in [-0.3, -0.25) is 9.52 Å². The van der Waals surface area contributed by atoms with Gasteiger partial charge in [0.2, 0.25) is 0 Å². The Morgan fingerprint density at radius 2 is 1.53 bits per heavy atom. The highest BCUT2D eigenvalue weighted by atomic mass is 32.2. The summed E-state index contributed by atoms with van der Waals surface area (Å²) < 4.78 is 28.5. The van der Waals surface area contributed by atoms with Crippen LogP contribution in [0, 0.1) is 24.7 Å². The molecular formula is C24H28N2O3S. The Kier molecular flexibility index (Phi) is 4.65. The SMILES string of the molecule is Cc1ccc(C(=O)NC23CC4CC(CC(C4)C2)C3)cc1S(=O)(=O)Nc1ccccc1. The minimum absolute atomic E-state index is 0.0992. The molecule has 2 aromatic carbocycles. The fourth-order valence-corrected chi connectivity index (χ4v) is 7.65. The molecule has 4 aliphatic carbocycles. The zero-order valence-corrected chi connectivity index (χ0v) is 18.0. The molecule has 5 nitrogen and oxygen atoms in total. The summed E-state index contributed by atoms with van der Waals surface area (Å²) in [4.78, 5) is 13.3. The second-order valence-corrected chi connectivity index (χ2v) is 11.3. The van der Waals surface area contributed by atoms with E-state index < -0.39 is 10.0 Å². The standard InChI is InChI=1S/C24H28N2O3S/c1-16-7-8-20(12-22(16)30(28,29)26-21-5-3-2-4-6-21)23(27)25-24-13-17-9-18(14-24)11-19(10-17)15-24/h2-8,12,17-19,26H,9-11,13-15H2,1H3,(H,25,27). The summed E-state index contributed by atoms with van der Waals surface area (Å²) in [5.41, 5.74) is 1.42. The summed E-state index contributed by atoms with van der Waals surface area (Å²) in [7, 11) is -3.78. The van der Waals surface area contributed by atoms with E-state index in [9.17, 15) is 13.2 Å². The quantitative estimate of drug-likeness (QED) is 0.742. The van der Waals surface area contributed by atoms with Crippen molar-refractivity contribution in [3.63, 3.8) is 0 Å². The van der Waals surface area contributed by atoms with Crippen LogP contribution in [-0.4, -0.2) is 19.9 Å². The zero-order chi connectivity index (χ0) is 20.9. The number of nitrogens with one attached hydrogen (secondary N) is 2. The van der Waals surface area contributed by atoms with Crippen molar-refractivity contribution in [1.82, 2.24) is 5.32 Å². The average Bonchev–Trinajstić information content (AvgIpc) is 2.67. The molecule has 0 atom stereocenters. The first kappa shape index (κ1) is 19.6. The maximum Gasteiger partial charge on any atom is 0.262 e. The Bertz CT molecular complexity index is 1040. The fraction of sp³-hybridized carbons (Fsp3) is 0.458. The minimum Gasteiger partial charge on any atom is -0.347 e. The second-order valence-electron chi connectivity index (χ2n) is 9.60. The number of aryl methyl sites for hydroxylation is 1. The van der Waals surface area contributed by atoms with Gasteiger partial charge in [-0.15, -0.1) is 0 Å². The highest BCUT2D eigenvalue weighted by Crippen LogP contribution is 2.55. The zero-order valence-electron chi connectivity index (χ0n) is 17.2. The lowest BCUT2D eigenvalue weighted by Crippen LogP contribution is -2.59. The molecule has 0 aliphatic heterocycles. The highest BCUT2D eigenvalue weighted by Gasteiger charge is 2.51. The van der Waals surface area contributed by atoms with Gasteiger partial charge in [0.05, 0.1) is 4.90 Å². The Balaban J connectivity index is 1.39. The van der Waals surface area contributed by atoms with Crippen molar-refractivity contribution in [1.29, 1.82) is 0 Å². The van der Waals surface area contributed by atoms with Crippen molar-refractivity contribution < 1.29 is 13.2 Å². The second kappa shape index (κ2) is 7.12. The van der Waals surface area contributed by atoms with Crippen LogP contribution in [0.25, 0.3) is 0 Å². The number of para-hydroxylation sites is 1. The van der Waals surface area contributed by atoms with Crippen molar-refractivity contribution in [3.8, 4) is 0 Å². The molecule has 4 saturated carbocycles. The molecule has 2 aromatic rings. The van der Waals surface area contributed by atoms with Crippen LogP contribution in [0.1, 0.15) is 54.4 Å². The smallest absolute Gasteiger partial charge is 0.262 e. The summed E-state index contributed by atoms with van der Waals surface area (Å²) in [6, 6.07) is 13.8. The molecular weight excluding hydrogens is 396 g/mol. The van der Waals surface area contributed by atoms with Gasteiger partial charge in [0.1, 0.15) is 0 Å². The van der Waals surface area contributed by atoms with Gasteiger partial charge in [0.25, 0.3) is 15.9 Å². The third-order valence-electron chi connectivity index (χ3n) is 7.18. The van der Waals surface area contributed by atoms with Crippen LogP contribution >= 0.6 is 0 Å². The molecule has 30 heavy (non-hydrogen) atoms. The molecule has 0 radical (unpaired) electrons. The first-order valence-electron chi connectivity index (χ1n) is 10.8. The third-order valence-corrected chi connectivity index (χ3v) is 8.71. The number of benzene rings is 2. The van der Waals surface area contributed by atoms with E-state index in [4.69, 9.17) is 0 Å². The van der Waals surface area contributed by atoms with Crippen molar-refractivity contribution in [2.24, 2.45) is 17.8 Å². The van der Waals surface area contributed by atoms with Gasteiger partial charge in [-0.05, 0) is 93.0 Å². The predicted molar refractivity (Wildman–Crippen MR) is 117 cm³/mol. The van der Waals surface area contributed by atoms with E-state index in [-0.39, 0.29) is 16.3 Å². The maximum absolute atomic E-state index is 13.2. The van der Waals surface area contributed by atoms with Crippen LogP contribution in [-0.2, 0) is 10.0 Å². The van der Waals surface area contributed by atoms with Gasteiger partial charge in [0, 0.05) is 16.8 Å². The average molecular weight is 425 g/mol. The van der Waals surface area contributed by atoms with Gasteiger partial charge < -0.3 is 5.32 Å². The monoisotopic (exact) mass is 424 g/mol. The Morgan fingerprint density at radius 1 is 0.933 bits per heavy atom. The highest BCUT2D eigenvalue weighted by molar-refractivity contribution is 7.92. The van der Waals surface area contributed by atoms with E-state index in [0.29, 0.717) is 16.8 Å². The summed E-state index contributed by atoms with van der Waals surface area (Å²) in [6.07, 6.45) is 7.14. The molecule has 158 valence electrons. The van der Waals surface area contributed by atoms with E-state index in [0.717, 1.165) is 37.0 Å². The number of carbonyl (C=O) groups excluding carboxylic acids is 1. The lowest BCUT2D eigenvalue weighted by molar-refractivity contribution is -0.0167. The molecule has 0 heterocycles. The summed E-state index contributed by atoms with van der Waals surface area (Å²) in [6.45, 7) is 1.75. The Labute approximate surface area is 178 Å². The molecule has 6 heteroatoms. The number of hydrogen-bond donors (Lipinski definition) is 2. The molecule has 0 spiro atoms. The summed E-state index contributed by atoms with van der Waals surface area (Å²) in [5, 5.41) is 3.33. The Hall–Kier alpha value is -2.34. The topological polar surface area (TPSA) is 75.3 Å². The molecule has 4 aliphatic rings. The van der Waals surface area contributed by atoms with Crippen LogP contribution in [0.4, 0.5) is 5.69 Å². The van der Waals surface area contributed by atoms with Gasteiger partial charge in [-0.1, -0.05) is 24.3 Å². The van der Waals surface area contributed by atoms with Crippen LogP contribution in [0.5, 0.6) is 0 Å². The van der Waals surface area contributed by atoms with E-state index in [1.165, 1.54) is 25.3 Å². The molecule has 4 bridgehead atoms. The first-order chi connectivity index (χ1) is 14.3. The van der Waals surface area contributed by atoms with Gasteiger partial charge >= 0.3 is 0 Å². The first-order valence-corrected chi connectivity index (χ1v) is 12.3. The molecule has 0 aromatic heterocycles. The van der Waals surface area contributed by atoms with Crippen LogP contribution in [0.2, 0.25) is 0 Å². The van der Waals surface area contributed by atoms with E-state index in [2.05, 4.69) is 10.0 Å². The maximum atomic E-state index is 13.2. The normalized spacial score (nSPS) is 29.6. The van der Waals surface area contributed by atoms with E-state index in [1.54, 1.807) is 43.3 Å².